The number of rotatable bonds is 1. The Bertz CT molecular complexity index is 723. The summed E-state index contributed by atoms with van der Waals surface area (Å²) in [5, 5.41) is 8.58. The summed E-state index contributed by atoms with van der Waals surface area (Å²) >= 11 is 1.89. The van der Waals surface area contributed by atoms with Crippen LogP contribution in [0.25, 0.3) is 10.8 Å². The third kappa shape index (κ3) is 1.79. The highest BCUT2D eigenvalue weighted by Gasteiger charge is 2.23. The molecule has 2 heteroatoms. The van der Waals surface area contributed by atoms with Crippen LogP contribution in [0.4, 0.5) is 0 Å². The summed E-state index contributed by atoms with van der Waals surface area (Å²) in [6.07, 6.45) is 1.16. The third-order valence-corrected chi connectivity index (χ3v) is 4.92. The Labute approximate surface area is 116 Å². The number of nitrogens with one attached hydrogen (secondary N) is 1. The average Bonchev–Trinajstić information content (AvgIpc) is 2.95. The van der Waals surface area contributed by atoms with Gasteiger partial charge in [-0.2, -0.15) is 0 Å². The van der Waals surface area contributed by atoms with Gasteiger partial charge in [0.05, 0.1) is 6.04 Å². The molecular formula is C17H15NS. The van der Waals surface area contributed by atoms with Gasteiger partial charge in [0.25, 0.3) is 0 Å². The van der Waals surface area contributed by atoms with E-state index in [2.05, 4.69) is 59.2 Å². The van der Waals surface area contributed by atoms with Crippen LogP contribution in [0.1, 0.15) is 22.0 Å². The van der Waals surface area contributed by atoms with Gasteiger partial charge in [-0.15, -0.1) is 11.3 Å². The number of thiophene rings is 1. The lowest BCUT2D eigenvalue weighted by Gasteiger charge is -2.25. The van der Waals surface area contributed by atoms with E-state index < -0.39 is 0 Å². The minimum atomic E-state index is 0.348. The zero-order valence-electron chi connectivity index (χ0n) is 10.6. The molecule has 2 aromatic carbocycles. The first kappa shape index (κ1) is 11.2. The molecule has 0 radical (unpaired) electrons. The van der Waals surface area contributed by atoms with E-state index in [9.17, 15) is 0 Å². The molecule has 0 fully saturated rings. The Kier molecular flexibility index (Phi) is 2.64. The summed E-state index contributed by atoms with van der Waals surface area (Å²) in [6.45, 7) is 1.07. The second kappa shape index (κ2) is 4.48. The molecule has 0 spiro atoms. The minimum absolute atomic E-state index is 0.348. The molecule has 0 bridgehead atoms. The summed E-state index contributed by atoms with van der Waals surface area (Å²) < 4.78 is 0. The van der Waals surface area contributed by atoms with E-state index in [4.69, 9.17) is 0 Å². The molecule has 0 saturated heterocycles. The van der Waals surface area contributed by atoms with Gasteiger partial charge in [-0.1, -0.05) is 42.5 Å². The van der Waals surface area contributed by atoms with Crippen LogP contribution in [0.15, 0.2) is 53.9 Å². The molecule has 1 nitrogen and oxygen atoms in total. The van der Waals surface area contributed by atoms with Crippen LogP contribution in [-0.4, -0.2) is 6.54 Å². The molecule has 1 aliphatic heterocycles. The highest BCUT2D eigenvalue weighted by molar-refractivity contribution is 7.10. The summed E-state index contributed by atoms with van der Waals surface area (Å²) in [4.78, 5) is 1.54. The van der Waals surface area contributed by atoms with Crippen molar-refractivity contribution >= 4 is 22.1 Å². The van der Waals surface area contributed by atoms with Gasteiger partial charge in [0.15, 0.2) is 0 Å². The Hall–Kier alpha value is -1.64. The van der Waals surface area contributed by atoms with E-state index in [1.807, 2.05) is 11.3 Å². The first-order valence-electron chi connectivity index (χ1n) is 6.71. The monoisotopic (exact) mass is 265 g/mol. The van der Waals surface area contributed by atoms with Crippen molar-refractivity contribution in [2.24, 2.45) is 0 Å². The first-order valence-corrected chi connectivity index (χ1v) is 7.59. The molecule has 94 valence electrons. The fraction of sp³-hybridized carbons (Fsp3) is 0.176. The van der Waals surface area contributed by atoms with Crippen LogP contribution in [0.5, 0.6) is 0 Å². The van der Waals surface area contributed by atoms with Crippen LogP contribution in [-0.2, 0) is 6.42 Å². The van der Waals surface area contributed by atoms with Crippen molar-refractivity contribution < 1.29 is 0 Å². The quantitative estimate of drug-likeness (QED) is 0.697. The molecule has 1 unspecified atom stereocenters. The minimum Gasteiger partial charge on any atom is -0.306 e. The van der Waals surface area contributed by atoms with Crippen molar-refractivity contribution in [1.29, 1.82) is 0 Å². The van der Waals surface area contributed by atoms with Crippen molar-refractivity contribution in [1.82, 2.24) is 5.32 Å². The Balaban J connectivity index is 1.93. The lowest BCUT2D eigenvalue weighted by Crippen LogP contribution is -2.29. The molecule has 1 atom stereocenters. The zero-order chi connectivity index (χ0) is 12.7. The molecule has 0 aliphatic carbocycles. The van der Waals surface area contributed by atoms with E-state index in [0.29, 0.717) is 6.04 Å². The molecule has 1 N–H and O–H groups in total. The summed E-state index contributed by atoms with van der Waals surface area (Å²) in [5.74, 6) is 0. The molecule has 1 aliphatic rings. The summed E-state index contributed by atoms with van der Waals surface area (Å²) in [6, 6.07) is 17.9. The lowest BCUT2D eigenvalue weighted by atomic mass is 9.91. The maximum atomic E-state index is 3.68. The molecule has 3 aromatic rings. The van der Waals surface area contributed by atoms with Gasteiger partial charge in [-0.25, -0.2) is 0 Å². The lowest BCUT2D eigenvalue weighted by molar-refractivity contribution is 0.578. The Morgan fingerprint density at radius 1 is 0.947 bits per heavy atom. The Morgan fingerprint density at radius 2 is 1.84 bits per heavy atom. The predicted octanol–water partition coefficient (Wildman–Crippen LogP) is 4.14. The number of hydrogen-bond donors (Lipinski definition) is 1. The van der Waals surface area contributed by atoms with Crippen molar-refractivity contribution in [3.05, 3.63) is 69.9 Å². The standard InChI is InChI=1S/C17H15NS/c1-2-6-13-12(4-1)5-3-7-14(13)17-15-9-11-19-16(15)8-10-18-17/h1-7,9,11,17-18H,8,10H2. The van der Waals surface area contributed by atoms with Gasteiger partial charge in [0.2, 0.25) is 0 Å². The van der Waals surface area contributed by atoms with E-state index >= 15 is 0 Å². The van der Waals surface area contributed by atoms with E-state index in [1.165, 1.54) is 26.8 Å². The maximum Gasteiger partial charge on any atom is 0.0593 e. The molecule has 19 heavy (non-hydrogen) atoms. The fourth-order valence-corrected chi connectivity index (χ4v) is 3.95. The predicted molar refractivity (Wildman–Crippen MR) is 81.8 cm³/mol. The van der Waals surface area contributed by atoms with Crippen LogP contribution in [0.3, 0.4) is 0 Å². The third-order valence-electron chi connectivity index (χ3n) is 3.93. The SMILES string of the molecule is c1ccc2c(C3NCCc4sccc43)cccc2c1. The van der Waals surface area contributed by atoms with Gasteiger partial charge in [-0.3, -0.25) is 0 Å². The van der Waals surface area contributed by atoms with Crippen LogP contribution >= 0.6 is 11.3 Å². The topological polar surface area (TPSA) is 12.0 Å². The van der Waals surface area contributed by atoms with Gasteiger partial charge in [-0.05, 0) is 39.8 Å². The van der Waals surface area contributed by atoms with Gasteiger partial charge in [0.1, 0.15) is 0 Å². The number of fused-ring (bicyclic) bond motifs is 2. The normalized spacial score (nSPS) is 18.4. The summed E-state index contributed by atoms with van der Waals surface area (Å²) in [5.41, 5.74) is 2.87. The van der Waals surface area contributed by atoms with Crippen molar-refractivity contribution in [2.75, 3.05) is 6.54 Å². The first-order chi connectivity index (χ1) is 9.43. The molecule has 1 aromatic heterocycles. The van der Waals surface area contributed by atoms with Gasteiger partial charge >= 0.3 is 0 Å². The average molecular weight is 265 g/mol. The van der Waals surface area contributed by atoms with Crippen LogP contribution in [0.2, 0.25) is 0 Å². The highest BCUT2D eigenvalue weighted by atomic mass is 32.1. The second-order valence-electron chi connectivity index (χ2n) is 5.00. The van der Waals surface area contributed by atoms with E-state index in [-0.39, 0.29) is 0 Å². The molecule has 4 rings (SSSR count). The van der Waals surface area contributed by atoms with Crippen LogP contribution in [0, 0.1) is 0 Å². The molecule has 2 heterocycles. The number of hydrogen-bond acceptors (Lipinski definition) is 2. The van der Waals surface area contributed by atoms with Gasteiger partial charge < -0.3 is 5.32 Å². The Morgan fingerprint density at radius 3 is 2.84 bits per heavy atom. The largest absolute Gasteiger partial charge is 0.306 e. The van der Waals surface area contributed by atoms with Crippen molar-refractivity contribution in [2.45, 2.75) is 12.5 Å². The zero-order valence-corrected chi connectivity index (χ0v) is 11.4. The van der Waals surface area contributed by atoms with Crippen molar-refractivity contribution in [3.8, 4) is 0 Å². The number of benzene rings is 2. The molecular weight excluding hydrogens is 250 g/mol. The van der Waals surface area contributed by atoms with E-state index in [1.54, 1.807) is 0 Å². The fourth-order valence-electron chi connectivity index (χ4n) is 3.03. The van der Waals surface area contributed by atoms with Gasteiger partial charge in [0, 0.05) is 11.4 Å². The smallest absolute Gasteiger partial charge is 0.0593 e. The second-order valence-corrected chi connectivity index (χ2v) is 6.01. The molecule has 0 saturated carbocycles. The van der Waals surface area contributed by atoms with Crippen LogP contribution < -0.4 is 5.32 Å². The summed E-state index contributed by atoms with van der Waals surface area (Å²) in [7, 11) is 0. The van der Waals surface area contributed by atoms with Crippen molar-refractivity contribution in [3.63, 3.8) is 0 Å². The maximum absolute atomic E-state index is 3.68. The van der Waals surface area contributed by atoms with E-state index in [0.717, 1.165) is 13.0 Å². The molecule has 0 amide bonds. The highest BCUT2D eigenvalue weighted by Crippen LogP contribution is 2.35.